The zero-order chi connectivity index (χ0) is 14.3. The van der Waals surface area contributed by atoms with Crippen LogP contribution in [0.3, 0.4) is 0 Å². The highest BCUT2D eigenvalue weighted by atomic mass is 32.1. The van der Waals surface area contributed by atoms with Crippen molar-refractivity contribution in [3.05, 3.63) is 34.5 Å². The number of allylic oxidation sites excluding steroid dienone is 1. The summed E-state index contributed by atoms with van der Waals surface area (Å²) < 4.78 is 2.17. The lowest BCUT2D eigenvalue weighted by atomic mass is 10.1. The Hall–Kier alpha value is -2.21. The summed E-state index contributed by atoms with van der Waals surface area (Å²) in [6, 6.07) is 3.84. The maximum absolute atomic E-state index is 10.2. The Morgan fingerprint density at radius 3 is 2.95 bits per heavy atom. The molecular formula is C14H14N4OS. The third-order valence-electron chi connectivity index (χ3n) is 3.15. The van der Waals surface area contributed by atoms with Gasteiger partial charge in [0.25, 0.3) is 0 Å². The number of nitrogens with zero attached hydrogens (tertiary/aromatic N) is 3. The Balaban J connectivity index is 2.10. The summed E-state index contributed by atoms with van der Waals surface area (Å²) in [4.78, 5) is 11.6. The van der Waals surface area contributed by atoms with Crippen molar-refractivity contribution in [3.8, 4) is 5.88 Å². The Morgan fingerprint density at radius 1 is 1.45 bits per heavy atom. The first-order chi connectivity index (χ1) is 9.58. The maximum Gasteiger partial charge on any atom is 0.217 e. The van der Waals surface area contributed by atoms with Gasteiger partial charge in [-0.05, 0) is 44.3 Å². The summed E-state index contributed by atoms with van der Waals surface area (Å²) in [7, 11) is 0. The van der Waals surface area contributed by atoms with Gasteiger partial charge in [0, 0.05) is 24.0 Å². The summed E-state index contributed by atoms with van der Waals surface area (Å²) in [5.74, 6) is 0.135. The molecule has 0 atom stereocenters. The molecule has 3 rings (SSSR count). The molecule has 0 unspecified atom stereocenters. The van der Waals surface area contributed by atoms with E-state index in [0.29, 0.717) is 10.5 Å². The number of aromatic amines is 1. The molecular weight excluding hydrogens is 272 g/mol. The fourth-order valence-corrected chi connectivity index (χ4v) is 2.63. The van der Waals surface area contributed by atoms with Crippen LogP contribution in [0.2, 0.25) is 0 Å². The number of aromatic hydroxyl groups is 1. The first-order valence-electron chi connectivity index (χ1n) is 6.32. The highest BCUT2D eigenvalue weighted by Gasteiger charge is 2.16. The fourth-order valence-electron chi connectivity index (χ4n) is 2.22. The van der Waals surface area contributed by atoms with Gasteiger partial charge in [-0.2, -0.15) is 0 Å². The molecule has 20 heavy (non-hydrogen) atoms. The second-order valence-corrected chi connectivity index (χ2v) is 5.25. The smallest absolute Gasteiger partial charge is 0.217 e. The zero-order valence-electron chi connectivity index (χ0n) is 11.2. The summed E-state index contributed by atoms with van der Waals surface area (Å²) >= 11 is 5.22. The second-order valence-electron chi connectivity index (χ2n) is 4.86. The van der Waals surface area contributed by atoms with Crippen molar-refractivity contribution in [2.24, 2.45) is 4.99 Å². The molecule has 5 nitrogen and oxygen atoms in total. The van der Waals surface area contributed by atoms with Crippen molar-refractivity contribution in [1.82, 2.24) is 14.5 Å². The van der Waals surface area contributed by atoms with E-state index in [9.17, 15) is 5.11 Å². The van der Waals surface area contributed by atoms with Crippen molar-refractivity contribution >= 4 is 35.8 Å². The van der Waals surface area contributed by atoms with Gasteiger partial charge in [-0.1, -0.05) is 0 Å². The van der Waals surface area contributed by atoms with E-state index in [4.69, 9.17) is 12.2 Å². The van der Waals surface area contributed by atoms with Crippen LogP contribution < -0.4 is 0 Å². The average Bonchev–Trinajstić information content (AvgIpc) is 2.93. The molecule has 1 aliphatic rings. The first kappa shape index (κ1) is 12.8. The number of H-pyrrole nitrogens is 1. The SMILES string of the molecule is CC(C)n1c(O)c(C=C2C=Nc3cccnc32)[nH]c1=S. The average molecular weight is 286 g/mol. The van der Waals surface area contributed by atoms with E-state index in [-0.39, 0.29) is 11.9 Å². The van der Waals surface area contributed by atoms with E-state index >= 15 is 0 Å². The van der Waals surface area contributed by atoms with Gasteiger partial charge in [-0.3, -0.25) is 14.5 Å². The van der Waals surface area contributed by atoms with Crippen molar-refractivity contribution in [1.29, 1.82) is 0 Å². The van der Waals surface area contributed by atoms with Crippen LogP contribution in [0, 0.1) is 4.77 Å². The number of hydrogen-bond acceptors (Lipinski definition) is 4. The summed E-state index contributed by atoms with van der Waals surface area (Å²) in [6.45, 7) is 3.93. The predicted octanol–water partition coefficient (Wildman–Crippen LogP) is 3.48. The van der Waals surface area contributed by atoms with Gasteiger partial charge in [0.1, 0.15) is 5.69 Å². The highest BCUT2D eigenvalue weighted by Crippen LogP contribution is 2.32. The second kappa shape index (κ2) is 4.72. The first-order valence-corrected chi connectivity index (χ1v) is 6.73. The molecule has 0 bridgehead atoms. The van der Waals surface area contributed by atoms with E-state index in [1.54, 1.807) is 17.0 Å². The third-order valence-corrected chi connectivity index (χ3v) is 3.45. The van der Waals surface area contributed by atoms with Gasteiger partial charge >= 0.3 is 0 Å². The summed E-state index contributed by atoms with van der Waals surface area (Å²) in [5.41, 5.74) is 3.07. The van der Waals surface area contributed by atoms with Crippen LogP contribution in [-0.2, 0) is 0 Å². The van der Waals surface area contributed by atoms with Crippen LogP contribution in [0.5, 0.6) is 5.88 Å². The Kier molecular flexibility index (Phi) is 3.02. The predicted molar refractivity (Wildman–Crippen MR) is 81.9 cm³/mol. The molecule has 2 aromatic heterocycles. The minimum absolute atomic E-state index is 0.0913. The van der Waals surface area contributed by atoms with E-state index in [0.717, 1.165) is 17.0 Å². The zero-order valence-corrected chi connectivity index (χ0v) is 12.0. The molecule has 6 heteroatoms. The number of aromatic nitrogens is 3. The monoisotopic (exact) mass is 286 g/mol. The Bertz CT molecular complexity index is 783. The molecule has 0 aliphatic carbocycles. The lowest BCUT2D eigenvalue weighted by Gasteiger charge is -2.07. The molecule has 0 fully saturated rings. The van der Waals surface area contributed by atoms with Crippen molar-refractivity contribution < 1.29 is 5.11 Å². The molecule has 0 aromatic carbocycles. The van der Waals surface area contributed by atoms with Crippen molar-refractivity contribution in [2.75, 3.05) is 0 Å². The van der Waals surface area contributed by atoms with Crippen LogP contribution >= 0.6 is 12.2 Å². The Labute approximate surface area is 121 Å². The number of imidazole rings is 1. The van der Waals surface area contributed by atoms with Gasteiger partial charge < -0.3 is 10.1 Å². The highest BCUT2D eigenvalue weighted by molar-refractivity contribution is 7.71. The van der Waals surface area contributed by atoms with E-state index < -0.39 is 0 Å². The van der Waals surface area contributed by atoms with Gasteiger partial charge in [-0.15, -0.1) is 0 Å². The largest absolute Gasteiger partial charge is 0.493 e. The molecule has 0 saturated carbocycles. The molecule has 0 spiro atoms. The molecule has 2 aromatic rings. The number of nitrogens with one attached hydrogen (secondary N) is 1. The fraction of sp³-hybridized carbons (Fsp3) is 0.214. The molecule has 1 aliphatic heterocycles. The minimum Gasteiger partial charge on any atom is -0.493 e. The van der Waals surface area contributed by atoms with E-state index in [1.165, 1.54) is 0 Å². The third kappa shape index (κ3) is 1.98. The van der Waals surface area contributed by atoms with Crippen molar-refractivity contribution in [2.45, 2.75) is 19.9 Å². The number of hydrogen-bond donors (Lipinski definition) is 2. The van der Waals surface area contributed by atoms with Crippen LogP contribution in [0.1, 0.15) is 31.3 Å². The lowest BCUT2D eigenvalue weighted by Crippen LogP contribution is -1.99. The van der Waals surface area contributed by atoms with Gasteiger partial charge in [0.05, 0.1) is 11.4 Å². The van der Waals surface area contributed by atoms with Crippen LogP contribution in [0.25, 0.3) is 11.6 Å². The number of rotatable bonds is 2. The van der Waals surface area contributed by atoms with Crippen LogP contribution in [-0.4, -0.2) is 25.9 Å². The normalized spacial score (nSPS) is 15.2. The van der Waals surface area contributed by atoms with E-state index in [1.807, 2.05) is 32.1 Å². The molecule has 0 amide bonds. The van der Waals surface area contributed by atoms with Crippen LogP contribution in [0.15, 0.2) is 23.3 Å². The van der Waals surface area contributed by atoms with Crippen molar-refractivity contribution in [3.63, 3.8) is 0 Å². The van der Waals surface area contributed by atoms with Gasteiger partial charge in [0.15, 0.2) is 4.77 Å². The van der Waals surface area contributed by atoms with Gasteiger partial charge in [-0.25, -0.2) is 0 Å². The molecule has 3 heterocycles. The Morgan fingerprint density at radius 2 is 2.25 bits per heavy atom. The number of pyridine rings is 1. The molecule has 102 valence electrons. The standard InChI is InChI=1S/C14H14N4OS/c1-8(2)18-13(19)11(17-14(18)20)6-9-7-16-10-4-3-5-15-12(9)10/h3-8,19H,1-2H3,(H,17,20). The molecule has 0 radical (unpaired) electrons. The molecule has 2 N–H and O–H groups in total. The quantitative estimate of drug-likeness (QED) is 0.831. The molecule has 0 saturated heterocycles. The summed E-state index contributed by atoms with van der Waals surface area (Å²) in [6.07, 6.45) is 5.27. The lowest BCUT2D eigenvalue weighted by molar-refractivity contribution is 0.397. The maximum atomic E-state index is 10.2. The van der Waals surface area contributed by atoms with E-state index in [2.05, 4.69) is 15.0 Å². The number of aliphatic imine (C=N–C) groups is 1. The minimum atomic E-state index is 0.0913. The summed E-state index contributed by atoms with van der Waals surface area (Å²) in [5, 5.41) is 10.2. The van der Waals surface area contributed by atoms with Gasteiger partial charge in [0.2, 0.25) is 5.88 Å². The topological polar surface area (TPSA) is 66.2 Å². The number of fused-ring (bicyclic) bond motifs is 1. The van der Waals surface area contributed by atoms with Crippen LogP contribution in [0.4, 0.5) is 5.69 Å².